The van der Waals surface area contributed by atoms with Gasteiger partial charge in [0.15, 0.2) is 0 Å². The van der Waals surface area contributed by atoms with E-state index in [4.69, 9.17) is 0 Å². The SMILES string of the molecule is Cc1cc2ccccc2[nH]1.Cl.c1ccc2ncccc2c1. The topological polar surface area (TPSA) is 28.7 Å². The molecule has 106 valence electrons. The number of halogens is 1. The second-order valence-corrected chi connectivity index (χ2v) is 4.74. The van der Waals surface area contributed by atoms with Crippen LogP contribution in [0.4, 0.5) is 0 Å². The van der Waals surface area contributed by atoms with Crippen LogP contribution in [0.5, 0.6) is 0 Å². The molecule has 0 saturated heterocycles. The summed E-state index contributed by atoms with van der Waals surface area (Å²) >= 11 is 0. The number of aromatic amines is 1. The lowest BCUT2D eigenvalue weighted by Gasteiger charge is -1.91. The van der Waals surface area contributed by atoms with E-state index in [-0.39, 0.29) is 12.4 Å². The number of aryl methyl sites for hydroxylation is 1. The Morgan fingerprint density at radius 3 is 2.24 bits per heavy atom. The fourth-order valence-electron chi connectivity index (χ4n) is 2.23. The number of hydrogen-bond donors (Lipinski definition) is 1. The summed E-state index contributed by atoms with van der Waals surface area (Å²) in [4.78, 5) is 7.44. The second-order valence-electron chi connectivity index (χ2n) is 4.74. The molecule has 1 N–H and O–H groups in total. The fourth-order valence-corrected chi connectivity index (χ4v) is 2.23. The van der Waals surface area contributed by atoms with Crippen molar-refractivity contribution in [2.24, 2.45) is 0 Å². The Morgan fingerprint density at radius 2 is 1.48 bits per heavy atom. The van der Waals surface area contributed by atoms with Crippen LogP contribution in [0.3, 0.4) is 0 Å². The van der Waals surface area contributed by atoms with E-state index in [0.717, 1.165) is 5.52 Å². The van der Waals surface area contributed by atoms with Crippen LogP contribution in [0.15, 0.2) is 72.9 Å². The van der Waals surface area contributed by atoms with Gasteiger partial charge in [0.25, 0.3) is 0 Å². The van der Waals surface area contributed by atoms with Gasteiger partial charge < -0.3 is 4.98 Å². The van der Waals surface area contributed by atoms with Crippen molar-refractivity contribution in [2.75, 3.05) is 0 Å². The second kappa shape index (κ2) is 6.91. The van der Waals surface area contributed by atoms with Crippen LogP contribution < -0.4 is 0 Å². The quantitative estimate of drug-likeness (QED) is 0.478. The van der Waals surface area contributed by atoms with Gasteiger partial charge in [-0.2, -0.15) is 0 Å². The largest absolute Gasteiger partial charge is 0.359 e. The molecule has 4 rings (SSSR count). The number of nitrogens with zero attached hydrogens (tertiary/aromatic N) is 1. The Bertz CT molecular complexity index is 738. The summed E-state index contributed by atoms with van der Waals surface area (Å²) < 4.78 is 0. The third kappa shape index (κ3) is 3.61. The number of benzene rings is 2. The molecule has 0 radical (unpaired) electrons. The van der Waals surface area contributed by atoms with E-state index in [1.54, 1.807) is 0 Å². The Labute approximate surface area is 130 Å². The molecule has 0 saturated carbocycles. The fraction of sp³-hybridized carbons (Fsp3) is 0.0556. The van der Waals surface area contributed by atoms with Crippen LogP contribution in [0, 0.1) is 6.92 Å². The highest BCUT2D eigenvalue weighted by Crippen LogP contribution is 2.13. The Kier molecular flexibility index (Phi) is 4.96. The van der Waals surface area contributed by atoms with E-state index >= 15 is 0 Å². The van der Waals surface area contributed by atoms with E-state index in [9.17, 15) is 0 Å². The van der Waals surface area contributed by atoms with Crippen molar-refractivity contribution in [1.82, 2.24) is 9.97 Å². The van der Waals surface area contributed by atoms with Gasteiger partial charge in [-0.1, -0.05) is 42.5 Å². The first-order valence-electron chi connectivity index (χ1n) is 6.67. The zero-order valence-corrected chi connectivity index (χ0v) is 12.6. The van der Waals surface area contributed by atoms with Crippen molar-refractivity contribution in [3.05, 3.63) is 78.6 Å². The van der Waals surface area contributed by atoms with Crippen molar-refractivity contribution in [3.63, 3.8) is 0 Å². The van der Waals surface area contributed by atoms with Crippen LogP contribution in [0.1, 0.15) is 5.69 Å². The number of aromatic nitrogens is 2. The maximum atomic E-state index is 4.18. The molecule has 0 amide bonds. The van der Waals surface area contributed by atoms with Crippen LogP contribution in [-0.4, -0.2) is 9.97 Å². The highest BCUT2D eigenvalue weighted by molar-refractivity contribution is 5.85. The molecule has 0 atom stereocenters. The maximum Gasteiger partial charge on any atom is 0.0701 e. The molecular formula is C18H17ClN2. The average molecular weight is 297 g/mol. The molecule has 0 aliphatic heterocycles. The highest BCUT2D eigenvalue weighted by Gasteiger charge is 1.92. The van der Waals surface area contributed by atoms with Gasteiger partial charge in [-0.3, -0.25) is 4.98 Å². The first kappa shape index (κ1) is 15.1. The molecule has 2 nitrogen and oxygen atoms in total. The standard InChI is InChI=1S/C9H9N.C9H7N.ClH/c1-7-6-8-4-2-3-5-9(8)10-7;1-2-6-9-8(4-1)5-3-7-10-9;/h2-6,10H,1H3;1-7H;1H. The lowest BCUT2D eigenvalue weighted by atomic mass is 10.2. The van der Waals surface area contributed by atoms with Crippen LogP contribution >= 0.6 is 12.4 Å². The number of nitrogens with one attached hydrogen (secondary N) is 1. The zero-order chi connectivity index (χ0) is 13.8. The van der Waals surface area contributed by atoms with E-state index in [1.165, 1.54) is 22.0 Å². The highest BCUT2D eigenvalue weighted by atomic mass is 35.5. The smallest absolute Gasteiger partial charge is 0.0701 e. The number of H-pyrrole nitrogens is 1. The van der Waals surface area contributed by atoms with Crippen LogP contribution in [0.2, 0.25) is 0 Å². The van der Waals surface area contributed by atoms with Gasteiger partial charge in [0.1, 0.15) is 0 Å². The van der Waals surface area contributed by atoms with Gasteiger partial charge in [0, 0.05) is 22.8 Å². The monoisotopic (exact) mass is 296 g/mol. The van der Waals surface area contributed by atoms with Gasteiger partial charge in [0.05, 0.1) is 5.52 Å². The van der Waals surface area contributed by atoms with Crippen molar-refractivity contribution < 1.29 is 0 Å². The number of rotatable bonds is 0. The number of para-hydroxylation sites is 2. The van der Waals surface area contributed by atoms with E-state index < -0.39 is 0 Å². The molecule has 2 aromatic carbocycles. The summed E-state index contributed by atoms with van der Waals surface area (Å²) in [7, 11) is 0. The van der Waals surface area contributed by atoms with E-state index in [0.29, 0.717) is 0 Å². The minimum atomic E-state index is 0. The van der Waals surface area contributed by atoms with Crippen LogP contribution in [-0.2, 0) is 0 Å². The van der Waals surface area contributed by atoms with Crippen molar-refractivity contribution in [1.29, 1.82) is 0 Å². The van der Waals surface area contributed by atoms with Gasteiger partial charge in [-0.25, -0.2) is 0 Å². The van der Waals surface area contributed by atoms with E-state index in [1.807, 2.05) is 36.5 Å². The zero-order valence-electron chi connectivity index (χ0n) is 11.8. The number of fused-ring (bicyclic) bond motifs is 2. The first-order chi connectivity index (χ1) is 9.83. The van der Waals surface area contributed by atoms with Gasteiger partial charge >= 0.3 is 0 Å². The third-order valence-electron chi connectivity index (χ3n) is 3.18. The third-order valence-corrected chi connectivity index (χ3v) is 3.18. The average Bonchev–Trinajstić information content (AvgIpc) is 2.88. The summed E-state index contributed by atoms with van der Waals surface area (Å²) in [6, 6.07) is 22.5. The minimum Gasteiger partial charge on any atom is -0.359 e. The van der Waals surface area contributed by atoms with Crippen molar-refractivity contribution >= 4 is 34.2 Å². The minimum absolute atomic E-state index is 0. The summed E-state index contributed by atoms with van der Waals surface area (Å²) in [5, 5.41) is 2.49. The lowest BCUT2D eigenvalue weighted by molar-refractivity contribution is 1.30. The number of hydrogen-bond acceptors (Lipinski definition) is 1. The molecule has 0 bridgehead atoms. The van der Waals surface area contributed by atoms with Crippen LogP contribution in [0.25, 0.3) is 21.8 Å². The van der Waals surface area contributed by atoms with E-state index in [2.05, 4.69) is 53.3 Å². The summed E-state index contributed by atoms with van der Waals surface area (Å²) in [6.07, 6.45) is 1.81. The molecule has 21 heavy (non-hydrogen) atoms. The van der Waals surface area contributed by atoms with Crippen molar-refractivity contribution in [3.8, 4) is 0 Å². The molecule has 0 aliphatic rings. The summed E-state index contributed by atoms with van der Waals surface area (Å²) in [6.45, 7) is 2.07. The molecule has 0 fully saturated rings. The molecule has 4 aromatic rings. The molecule has 0 unspecified atom stereocenters. The summed E-state index contributed by atoms with van der Waals surface area (Å²) in [5.41, 5.74) is 3.51. The van der Waals surface area contributed by atoms with Crippen molar-refractivity contribution in [2.45, 2.75) is 6.92 Å². The molecule has 2 heterocycles. The van der Waals surface area contributed by atoms with Gasteiger partial charge in [0.2, 0.25) is 0 Å². The molecule has 0 spiro atoms. The molecule has 2 aromatic heterocycles. The predicted molar refractivity (Wildman–Crippen MR) is 92.0 cm³/mol. The van der Waals surface area contributed by atoms with Gasteiger partial charge in [-0.05, 0) is 36.6 Å². The first-order valence-corrected chi connectivity index (χ1v) is 6.67. The Hall–Kier alpha value is -2.32. The Morgan fingerprint density at radius 1 is 0.810 bits per heavy atom. The predicted octanol–water partition coefficient (Wildman–Crippen LogP) is 5.13. The Balaban J connectivity index is 0.000000147. The normalized spacial score (nSPS) is 9.76. The molecule has 3 heteroatoms. The van der Waals surface area contributed by atoms with Gasteiger partial charge in [-0.15, -0.1) is 12.4 Å². The molecule has 0 aliphatic carbocycles. The lowest BCUT2D eigenvalue weighted by Crippen LogP contribution is -1.73. The maximum absolute atomic E-state index is 4.18. The molecular weight excluding hydrogens is 280 g/mol. The number of pyridine rings is 1. The summed E-state index contributed by atoms with van der Waals surface area (Å²) in [5.74, 6) is 0.